The van der Waals surface area contributed by atoms with Crippen LogP contribution >= 0.6 is 11.3 Å². The van der Waals surface area contributed by atoms with E-state index in [9.17, 15) is 4.79 Å². The molecule has 3 atom stereocenters. The van der Waals surface area contributed by atoms with Crippen LogP contribution in [0.5, 0.6) is 11.5 Å². The molecule has 1 saturated carbocycles. The van der Waals surface area contributed by atoms with Gasteiger partial charge >= 0.3 is 0 Å². The van der Waals surface area contributed by atoms with Gasteiger partial charge in [0.1, 0.15) is 17.6 Å². The number of hydrogen-bond donors (Lipinski definition) is 1. The lowest BCUT2D eigenvalue weighted by molar-refractivity contribution is -0.0406. The summed E-state index contributed by atoms with van der Waals surface area (Å²) in [7, 11) is 3.43. The molecular weight excluding hydrogens is 422 g/mol. The minimum Gasteiger partial charge on any atom is -0.496 e. The maximum absolute atomic E-state index is 12.6. The van der Waals surface area contributed by atoms with Crippen LogP contribution in [0.1, 0.15) is 64.1 Å². The highest BCUT2D eigenvalue weighted by Crippen LogP contribution is 2.53. The molecule has 32 heavy (non-hydrogen) atoms. The van der Waals surface area contributed by atoms with Gasteiger partial charge in [0.05, 0.1) is 25.2 Å². The Balaban J connectivity index is 1.56. The molecule has 0 bridgehead atoms. The monoisotopic (exact) mass is 449 g/mol. The van der Waals surface area contributed by atoms with Crippen molar-refractivity contribution in [3.8, 4) is 11.5 Å². The third-order valence-electron chi connectivity index (χ3n) is 6.49. The molecule has 2 aliphatic rings. The number of anilines is 1. The van der Waals surface area contributed by atoms with Crippen LogP contribution in [0, 0.1) is 0 Å². The Kier molecular flexibility index (Phi) is 5.89. The number of methoxy groups -OCH3 is 2. The third-order valence-corrected chi connectivity index (χ3v) is 7.35. The lowest BCUT2D eigenvalue weighted by Gasteiger charge is -2.42. The molecule has 0 radical (unpaired) electrons. The second-order valence-corrected chi connectivity index (χ2v) is 9.25. The summed E-state index contributed by atoms with van der Waals surface area (Å²) in [5.41, 5.74) is 3.99. The minimum atomic E-state index is -0.284. The number of carbonyl (C=O) groups excluding carboxylic acids is 1. The zero-order chi connectivity index (χ0) is 22.1. The number of rotatable bonds is 5. The van der Waals surface area contributed by atoms with E-state index in [0.29, 0.717) is 10.8 Å². The van der Waals surface area contributed by atoms with Crippen LogP contribution in [0.25, 0.3) is 0 Å². The fourth-order valence-corrected chi connectivity index (χ4v) is 5.68. The molecule has 5 nitrogen and oxygen atoms in total. The van der Waals surface area contributed by atoms with E-state index in [1.165, 1.54) is 29.7 Å². The van der Waals surface area contributed by atoms with Gasteiger partial charge in [-0.1, -0.05) is 31.0 Å². The molecule has 1 N–H and O–H groups in total. The SMILES string of the molecule is COc1ccc(OC)c2c1[C@H](c1cccc(NC(=O)c3cccs3)c1)O[C@H]1CCCC[C@@H]21. The van der Waals surface area contributed by atoms with Crippen molar-refractivity contribution in [1.82, 2.24) is 0 Å². The predicted molar refractivity (Wildman–Crippen MR) is 126 cm³/mol. The minimum absolute atomic E-state index is 0.103. The van der Waals surface area contributed by atoms with Gasteiger partial charge in [-0.05, 0) is 54.1 Å². The van der Waals surface area contributed by atoms with Crippen LogP contribution in [0.2, 0.25) is 0 Å². The molecular formula is C26H27NO4S. The van der Waals surface area contributed by atoms with Crippen LogP contribution in [-0.4, -0.2) is 26.2 Å². The van der Waals surface area contributed by atoms with Crippen molar-refractivity contribution in [3.63, 3.8) is 0 Å². The van der Waals surface area contributed by atoms with Gasteiger partial charge in [0.2, 0.25) is 0 Å². The molecule has 5 rings (SSSR count). The molecule has 166 valence electrons. The van der Waals surface area contributed by atoms with Crippen molar-refractivity contribution in [3.05, 3.63) is 75.5 Å². The molecule has 1 amide bonds. The van der Waals surface area contributed by atoms with Crippen LogP contribution in [0.4, 0.5) is 5.69 Å². The first-order valence-electron chi connectivity index (χ1n) is 11.0. The Hall–Kier alpha value is -2.83. The predicted octanol–water partition coefficient (Wildman–Crippen LogP) is 6.16. The van der Waals surface area contributed by atoms with Gasteiger partial charge in [0.15, 0.2) is 0 Å². The second-order valence-electron chi connectivity index (χ2n) is 8.30. The summed E-state index contributed by atoms with van der Waals surface area (Å²) in [5, 5.41) is 4.92. The zero-order valence-corrected chi connectivity index (χ0v) is 19.1. The zero-order valence-electron chi connectivity index (χ0n) is 18.3. The van der Waals surface area contributed by atoms with E-state index in [1.807, 2.05) is 47.8 Å². The van der Waals surface area contributed by atoms with Gasteiger partial charge < -0.3 is 19.5 Å². The number of amides is 1. The first-order chi connectivity index (χ1) is 15.7. The Morgan fingerprint density at radius 1 is 1.00 bits per heavy atom. The Morgan fingerprint density at radius 2 is 1.78 bits per heavy atom. The lowest BCUT2D eigenvalue weighted by atomic mass is 9.75. The number of hydrogen-bond acceptors (Lipinski definition) is 5. The molecule has 2 heterocycles. The number of benzene rings is 2. The average Bonchev–Trinajstić information content (AvgIpc) is 3.38. The van der Waals surface area contributed by atoms with E-state index < -0.39 is 0 Å². The fourth-order valence-electron chi connectivity index (χ4n) is 5.06. The standard InChI is InChI=1S/C26H27NO4S/c1-29-20-12-13-21(30-2)24-23(20)18-9-3-4-10-19(18)31-25(24)16-7-5-8-17(15-16)27-26(28)22-11-6-14-32-22/h5-8,11-15,18-19,25H,3-4,9-10H2,1-2H3,(H,27,28)/t18-,19+,25+/m1/s1. The van der Waals surface area contributed by atoms with Crippen molar-refractivity contribution in [1.29, 1.82) is 0 Å². The number of ether oxygens (including phenoxy) is 3. The van der Waals surface area contributed by atoms with Gasteiger partial charge in [-0.25, -0.2) is 0 Å². The molecule has 1 aliphatic heterocycles. The Labute approximate surface area is 192 Å². The average molecular weight is 450 g/mol. The normalized spacial score (nSPS) is 21.9. The summed E-state index contributed by atoms with van der Waals surface area (Å²) in [6.07, 6.45) is 4.35. The third kappa shape index (κ3) is 3.78. The highest BCUT2D eigenvalue weighted by atomic mass is 32.1. The number of thiophene rings is 1. The maximum Gasteiger partial charge on any atom is 0.265 e. The molecule has 0 unspecified atom stereocenters. The fraction of sp³-hybridized carbons (Fsp3) is 0.346. The summed E-state index contributed by atoms with van der Waals surface area (Å²) < 4.78 is 18.3. The van der Waals surface area contributed by atoms with Crippen LogP contribution in [-0.2, 0) is 4.74 Å². The van der Waals surface area contributed by atoms with Crippen molar-refractivity contribution >= 4 is 22.9 Å². The van der Waals surface area contributed by atoms with E-state index in [-0.39, 0.29) is 18.1 Å². The smallest absolute Gasteiger partial charge is 0.265 e. The first kappa shape index (κ1) is 21.0. The van der Waals surface area contributed by atoms with E-state index in [0.717, 1.165) is 41.2 Å². The molecule has 0 spiro atoms. The van der Waals surface area contributed by atoms with E-state index in [4.69, 9.17) is 14.2 Å². The van der Waals surface area contributed by atoms with Crippen LogP contribution in [0.3, 0.4) is 0 Å². The Morgan fingerprint density at radius 3 is 2.53 bits per heavy atom. The van der Waals surface area contributed by atoms with Gasteiger partial charge in [0.25, 0.3) is 5.91 Å². The molecule has 1 fully saturated rings. The summed E-state index contributed by atoms with van der Waals surface area (Å²) >= 11 is 1.43. The van der Waals surface area contributed by atoms with Crippen molar-refractivity contribution in [2.24, 2.45) is 0 Å². The first-order valence-corrected chi connectivity index (χ1v) is 11.9. The van der Waals surface area contributed by atoms with Crippen LogP contribution in [0.15, 0.2) is 53.9 Å². The Bertz CT molecular complexity index is 1110. The van der Waals surface area contributed by atoms with E-state index in [2.05, 4.69) is 11.4 Å². The summed E-state index contributed by atoms with van der Waals surface area (Å²) in [5.74, 6) is 1.91. The van der Waals surface area contributed by atoms with E-state index >= 15 is 0 Å². The van der Waals surface area contributed by atoms with Crippen molar-refractivity contribution in [2.45, 2.75) is 43.8 Å². The largest absolute Gasteiger partial charge is 0.496 e. The van der Waals surface area contributed by atoms with Gasteiger partial charge in [0, 0.05) is 22.7 Å². The van der Waals surface area contributed by atoms with Gasteiger partial charge in [-0.2, -0.15) is 0 Å². The molecule has 0 saturated heterocycles. The number of carbonyl (C=O) groups is 1. The van der Waals surface area contributed by atoms with E-state index in [1.54, 1.807) is 14.2 Å². The van der Waals surface area contributed by atoms with Crippen LogP contribution < -0.4 is 14.8 Å². The quantitative estimate of drug-likeness (QED) is 0.507. The summed E-state index contributed by atoms with van der Waals surface area (Å²) in [6, 6.07) is 15.6. The highest BCUT2D eigenvalue weighted by Gasteiger charge is 2.41. The molecule has 3 aromatic rings. The maximum atomic E-state index is 12.6. The van der Waals surface area contributed by atoms with Gasteiger partial charge in [-0.15, -0.1) is 11.3 Å². The lowest BCUT2D eigenvalue weighted by Crippen LogP contribution is -2.34. The molecule has 2 aromatic carbocycles. The number of fused-ring (bicyclic) bond motifs is 3. The molecule has 6 heteroatoms. The molecule has 1 aliphatic carbocycles. The van der Waals surface area contributed by atoms with Crippen molar-refractivity contribution < 1.29 is 19.0 Å². The topological polar surface area (TPSA) is 56.8 Å². The molecule has 1 aromatic heterocycles. The summed E-state index contributed by atoms with van der Waals surface area (Å²) in [4.78, 5) is 13.3. The summed E-state index contributed by atoms with van der Waals surface area (Å²) in [6.45, 7) is 0. The second kappa shape index (κ2) is 8.96. The number of nitrogens with one attached hydrogen (secondary N) is 1. The van der Waals surface area contributed by atoms with Crippen molar-refractivity contribution in [2.75, 3.05) is 19.5 Å². The van der Waals surface area contributed by atoms with Gasteiger partial charge in [-0.3, -0.25) is 4.79 Å². The highest BCUT2D eigenvalue weighted by molar-refractivity contribution is 7.12.